The van der Waals surface area contributed by atoms with E-state index in [1.807, 2.05) is 31.2 Å². The summed E-state index contributed by atoms with van der Waals surface area (Å²) < 4.78 is 5.20. The third-order valence-electron chi connectivity index (χ3n) is 4.14. The maximum Gasteiger partial charge on any atom is 0.124 e. The Hall–Kier alpha value is -2.41. The van der Waals surface area contributed by atoms with E-state index in [-0.39, 0.29) is 0 Å². The molecule has 0 saturated carbocycles. The number of rotatable bonds is 3. The first-order valence-electron chi connectivity index (χ1n) is 7.26. The Balaban J connectivity index is 2.04. The molecule has 0 radical (unpaired) electrons. The van der Waals surface area contributed by atoms with Crippen molar-refractivity contribution in [2.45, 2.75) is 19.8 Å². The predicted octanol–water partition coefficient (Wildman–Crippen LogP) is 3.47. The van der Waals surface area contributed by atoms with E-state index >= 15 is 0 Å². The van der Waals surface area contributed by atoms with E-state index in [0.29, 0.717) is 0 Å². The molecule has 0 aliphatic carbocycles. The van der Waals surface area contributed by atoms with Gasteiger partial charge in [0, 0.05) is 13.1 Å². The van der Waals surface area contributed by atoms with Crippen LogP contribution in [0.4, 0.5) is 5.82 Å². The molecule has 0 spiro atoms. The molecule has 0 amide bonds. The molecule has 108 valence electrons. The highest BCUT2D eigenvalue weighted by Gasteiger charge is 2.22. The maximum atomic E-state index is 9.49. The average molecular weight is 281 g/mol. The number of aromatic nitrogens is 1. The van der Waals surface area contributed by atoms with Crippen LogP contribution >= 0.6 is 0 Å². The summed E-state index contributed by atoms with van der Waals surface area (Å²) in [5, 5.41) is 9.49. The summed E-state index contributed by atoms with van der Waals surface area (Å²) in [6.45, 7) is 4.06. The first-order valence-corrected chi connectivity index (χ1v) is 7.26. The Morgan fingerprint density at radius 3 is 2.43 bits per heavy atom. The highest BCUT2D eigenvalue weighted by molar-refractivity contribution is 5.74. The first kappa shape index (κ1) is 13.6. The number of hydrogen-bond donors (Lipinski definition) is 1. The second-order valence-corrected chi connectivity index (χ2v) is 5.38. The molecule has 2 heterocycles. The largest absolute Gasteiger partial charge is 0.497 e. The molecule has 0 bridgehead atoms. The van der Waals surface area contributed by atoms with Crippen molar-refractivity contribution < 1.29 is 4.74 Å². The molecule has 0 unspecified atom stereocenters. The third-order valence-corrected chi connectivity index (χ3v) is 4.14. The molecular formula is C17H19N3O. The average Bonchev–Trinajstić information content (AvgIpc) is 3.15. The lowest BCUT2D eigenvalue weighted by Gasteiger charge is -2.15. The Morgan fingerprint density at radius 1 is 1.19 bits per heavy atom. The van der Waals surface area contributed by atoms with Crippen LogP contribution < -0.4 is 9.64 Å². The minimum Gasteiger partial charge on any atom is -0.497 e. The quantitative estimate of drug-likeness (QED) is 0.937. The van der Waals surface area contributed by atoms with Gasteiger partial charge in [0.25, 0.3) is 0 Å². The molecule has 0 atom stereocenters. The lowest BCUT2D eigenvalue weighted by atomic mass is 10.1. The molecule has 1 saturated heterocycles. The zero-order valence-electron chi connectivity index (χ0n) is 12.4. The molecule has 1 aromatic heterocycles. The van der Waals surface area contributed by atoms with Crippen molar-refractivity contribution in [3.05, 3.63) is 35.4 Å². The summed E-state index contributed by atoms with van der Waals surface area (Å²) in [5.74, 6) is 1.81. The third kappa shape index (κ3) is 2.36. The van der Waals surface area contributed by atoms with E-state index in [1.165, 1.54) is 12.8 Å². The number of nitriles is 1. The Labute approximate surface area is 125 Å². The summed E-state index contributed by atoms with van der Waals surface area (Å²) in [7, 11) is 1.66. The number of H-pyrrole nitrogens is 1. The number of ether oxygens (including phenoxy) is 1. The number of nitrogens with zero attached hydrogens (tertiary/aromatic N) is 2. The number of nitrogens with one attached hydrogen (secondary N) is 1. The molecule has 1 aliphatic rings. The fraction of sp³-hybridized carbons (Fsp3) is 0.353. The maximum absolute atomic E-state index is 9.49. The van der Waals surface area contributed by atoms with Crippen molar-refractivity contribution in [1.82, 2.24) is 4.98 Å². The normalized spacial score (nSPS) is 14.2. The number of methoxy groups -OCH3 is 1. The Bertz CT molecular complexity index is 673. The minimum atomic E-state index is 0.766. The molecule has 4 heteroatoms. The van der Waals surface area contributed by atoms with Crippen molar-refractivity contribution in [2.75, 3.05) is 25.1 Å². The van der Waals surface area contributed by atoms with Crippen LogP contribution in [-0.2, 0) is 0 Å². The van der Waals surface area contributed by atoms with Crippen LogP contribution in [0.2, 0.25) is 0 Å². The van der Waals surface area contributed by atoms with Gasteiger partial charge in [0.2, 0.25) is 0 Å². The number of anilines is 1. The highest BCUT2D eigenvalue weighted by atomic mass is 16.5. The predicted molar refractivity (Wildman–Crippen MR) is 83.7 cm³/mol. The number of benzene rings is 1. The van der Waals surface area contributed by atoms with E-state index < -0.39 is 0 Å². The Morgan fingerprint density at radius 2 is 1.86 bits per heavy atom. The summed E-state index contributed by atoms with van der Waals surface area (Å²) in [6.07, 6.45) is 2.39. The van der Waals surface area contributed by atoms with Crippen molar-refractivity contribution in [3.8, 4) is 23.1 Å². The van der Waals surface area contributed by atoms with Gasteiger partial charge in [-0.25, -0.2) is 0 Å². The molecule has 1 N–H and O–H groups in total. The van der Waals surface area contributed by atoms with Gasteiger partial charge in [0.1, 0.15) is 17.6 Å². The van der Waals surface area contributed by atoms with E-state index in [2.05, 4.69) is 16.0 Å². The van der Waals surface area contributed by atoms with Crippen LogP contribution in [0.5, 0.6) is 5.75 Å². The SMILES string of the molecule is COc1ccc(-c2[nH]c(N3CCCC3)c(C#N)c2C)cc1. The summed E-state index contributed by atoms with van der Waals surface area (Å²) in [6, 6.07) is 10.3. The highest BCUT2D eigenvalue weighted by Crippen LogP contribution is 2.34. The van der Waals surface area contributed by atoms with Crippen LogP contribution in [-0.4, -0.2) is 25.2 Å². The molecule has 1 aromatic carbocycles. The van der Waals surface area contributed by atoms with Gasteiger partial charge in [-0.2, -0.15) is 5.26 Å². The minimum absolute atomic E-state index is 0.766. The molecule has 21 heavy (non-hydrogen) atoms. The van der Waals surface area contributed by atoms with Crippen molar-refractivity contribution in [3.63, 3.8) is 0 Å². The van der Waals surface area contributed by atoms with Crippen LogP contribution in [0.15, 0.2) is 24.3 Å². The fourth-order valence-corrected chi connectivity index (χ4v) is 2.94. The van der Waals surface area contributed by atoms with Gasteiger partial charge in [-0.1, -0.05) is 0 Å². The standard InChI is InChI=1S/C17H19N3O/c1-12-15(11-18)17(20-9-3-4-10-20)19-16(12)13-5-7-14(21-2)8-6-13/h5-8,19H,3-4,9-10H2,1-2H3. The molecule has 1 aliphatic heterocycles. The molecular weight excluding hydrogens is 262 g/mol. The van der Waals surface area contributed by atoms with Crippen molar-refractivity contribution >= 4 is 5.82 Å². The van der Waals surface area contributed by atoms with Crippen molar-refractivity contribution in [2.24, 2.45) is 0 Å². The van der Waals surface area contributed by atoms with Gasteiger partial charge in [-0.15, -0.1) is 0 Å². The van der Waals surface area contributed by atoms with Gasteiger partial charge in [-0.05, 0) is 55.2 Å². The van der Waals surface area contributed by atoms with Crippen LogP contribution in [0.1, 0.15) is 24.0 Å². The number of hydrogen-bond acceptors (Lipinski definition) is 3. The zero-order chi connectivity index (χ0) is 14.8. The van der Waals surface area contributed by atoms with E-state index in [4.69, 9.17) is 4.74 Å². The Kier molecular flexibility index (Phi) is 3.57. The van der Waals surface area contributed by atoms with Gasteiger partial charge in [0.05, 0.1) is 18.4 Å². The molecule has 3 rings (SSSR count). The number of aromatic amines is 1. The van der Waals surface area contributed by atoms with E-state index in [9.17, 15) is 5.26 Å². The van der Waals surface area contributed by atoms with Crippen LogP contribution in [0.3, 0.4) is 0 Å². The van der Waals surface area contributed by atoms with Crippen LogP contribution in [0.25, 0.3) is 11.3 Å². The first-order chi connectivity index (χ1) is 10.2. The monoisotopic (exact) mass is 281 g/mol. The summed E-state index contributed by atoms with van der Waals surface area (Å²) in [5.41, 5.74) is 3.89. The van der Waals surface area contributed by atoms with E-state index in [1.54, 1.807) is 7.11 Å². The topological polar surface area (TPSA) is 52.0 Å². The smallest absolute Gasteiger partial charge is 0.124 e. The van der Waals surface area contributed by atoms with Gasteiger partial charge in [0.15, 0.2) is 0 Å². The van der Waals surface area contributed by atoms with Crippen LogP contribution in [0, 0.1) is 18.3 Å². The lowest BCUT2D eigenvalue weighted by molar-refractivity contribution is 0.415. The lowest BCUT2D eigenvalue weighted by Crippen LogP contribution is -2.18. The molecule has 1 fully saturated rings. The van der Waals surface area contributed by atoms with Crippen molar-refractivity contribution in [1.29, 1.82) is 5.26 Å². The summed E-state index contributed by atoms with van der Waals surface area (Å²) >= 11 is 0. The molecule has 2 aromatic rings. The van der Waals surface area contributed by atoms with E-state index in [0.717, 1.165) is 47.0 Å². The molecule has 4 nitrogen and oxygen atoms in total. The second kappa shape index (κ2) is 5.53. The second-order valence-electron chi connectivity index (χ2n) is 5.38. The van der Waals surface area contributed by atoms with Gasteiger partial charge >= 0.3 is 0 Å². The fourth-order valence-electron chi connectivity index (χ4n) is 2.94. The van der Waals surface area contributed by atoms with Gasteiger partial charge < -0.3 is 14.6 Å². The van der Waals surface area contributed by atoms with Gasteiger partial charge in [-0.3, -0.25) is 0 Å². The summed E-state index contributed by atoms with van der Waals surface area (Å²) in [4.78, 5) is 5.74. The zero-order valence-corrected chi connectivity index (χ0v) is 12.4.